The zero-order valence-electron chi connectivity index (χ0n) is 13.8. The van der Waals surface area contributed by atoms with Crippen LogP contribution in [0.1, 0.15) is 34.6 Å². The first-order valence-electron chi connectivity index (χ1n) is 7.69. The number of halogens is 2. The third-order valence-electron chi connectivity index (χ3n) is 3.58. The second-order valence-corrected chi connectivity index (χ2v) is 5.77. The largest absolute Gasteiger partial charge is 0.350 e. The molecular formula is C17H18F2N4O2. The first-order chi connectivity index (χ1) is 11.9. The fourth-order valence-corrected chi connectivity index (χ4v) is 2.03. The van der Waals surface area contributed by atoms with Crippen molar-refractivity contribution < 1.29 is 18.4 Å². The number of carbonyl (C=O) groups excluding carboxylic acids is 2. The van der Waals surface area contributed by atoms with Crippen LogP contribution >= 0.6 is 0 Å². The molecule has 0 bridgehead atoms. The topological polar surface area (TPSA) is 84.0 Å². The highest BCUT2D eigenvalue weighted by molar-refractivity contribution is 5.95. The molecule has 6 nitrogen and oxygen atoms in total. The molecule has 1 atom stereocenters. The molecule has 8 heteroatoms. The zero-order valence-corrected chi connectivity index (χ0v) is 13.8. The number of hydrogen-bond donors (Lipinski definition) is 2. The molecule has 0 saturated heterocycles. The molecule has 0 aliphatic carbocycles. The quantitative estimate of drug-likeness (QED) is 0.782. The molecule has 2 aromatic heterocycles. The van der Waals surface area contributed by atoms with Crippen molar-refractivity contribution in [3.8, 4) is 0 Å². The highest BCUT2D eigenvalue weighted by atomic mass is 19.1. The SMILES string of the molecule is CC(C)C(CNC(=O)c1ccc(F)nc1)NC(=O)c1ccc(F)nc1. The van der Waals surface area contributed by atoms with Gasteiger partial charge in [0.15, 0.2) is 0 Å². The predicted octanol–water partition coefficient (Wildman–Crippen LogP) is 1.94. The highest BCUT2D eigenvalue weighted by Gasteiger charge is 2.19. The van der Waals surface area contributed by atoms with Gasteiger partial charge in [-0.2, -0.15) is 8.78 Å². The van der Waals surface area contributed by atoms with Crippen LogP contribution in [0.4, 0.5) is 8.78 Å². The molecule has 0 aliphatic heterocycles. The Kier molecular flexibility index (Phi) is 6.10. The average Bonchev–Trinajstić information content (AvgIpc) is 2.59. The van der Waals surface area contributed by atoms with Gasteiger partial charge in [-0.05, 0) is 30.2 Å². The standard InChI is InChI=1S/C17H18F2N4O2/c1-10(2)13(23-17(25)12-4-6-15(19)21-8-12)9-22-16(24)11-3-5-14(18)20-7-11/h3-8,10,13H,9H2,1-2H3,(H,22,24)(H,23,25). The normalized spacial score (nSPS) is 11.9. The van der Waals surface area contributed by atoms with Gasteiger partial charge in [-0.25, -0.2) is 9.97 Å². The molecular weight excluding hydrogens is 330 g/mol. The fourth-order valence-electron chi connectivity index (χ4n) is 2.03. The van der Waals surface area contributed by atoms with Gasteiger partial charge in [0, 0.05) is 25.0 Å². The Morgan fingerprint density at radius 2 is 1.48 bits per heavy atom. The summed E-state index contributed by atoms with van der Waals surface area (Å²) in [5, 5.41) is 5.45. The van der Waals surface area contributed by atoms with E-state index in [-0.39, 0.29) is 29.6 Å². The van der Waals surface area contributed by atoms with E-state index in [0.717, 1.165) is 24.5 Å². The molecule has 2 aromatic rings. The van der Waals surface area contributed by atoms with E-state index in [2.05, 4.69) is 20.6 Å². The molecule has 0 fully saturated rings. The smallest absolute Gasteiger partial charge is 0.253 e. The lowest BCUT2D eigenvalue weighted by Crippen LogP contribution is -2.46. The molecule has 2 rings (SSSR count). The van der Waals surface area contributed by atoms with Gasteiger partial charge in [0.25, 0.3) is 11.8 Å². The van der Waals surface area contributed by atoms with E-state index in [1.165, 1.54) is 12.1 Å². The molecule has 0 aliphatic rings. The molecule has 0 radical (unpaired) electrons. The van der Waals surface area contributed by atoms with Crippen molar-refractivity contribution in [3.05, 3.63) is 59.7 Å². The van der Waals surface area contributed by atoms with Crippen LogP contribution in [0.3, 0.4) is 0 Å². The summed E-state index contributed by atoms with van der Waals surface area (Å²) in [5.41, 5.74) is 0.444. The van der Waals surface area contributed by atoms with Crippen molar-refractivity contribution in [1.82, 2.24) is 20.6 Å². The van der Waals surface area contributed by atoms with Crippen molar-refractivity contribution in [3.63, 3.8) is 0 Å². The van der Waals surface area contributed by atoms with Crippen LogP contribution in [0, 0.1) is 17.8 Å². The van der Waals surface area contributed by atoms with Crippen molar-refractivity contribution in [2.24, 2.45) is 5.92 Å². The number of rotatable bonds is 6. The summed E-state index contributed by atoms with van der Waals surface area (Å²) in [7, 11) is 0. The predicted molar refractivity (Wildman–Crippen MR) is 86.8 cm³/mol. The van der Waals surface area contributed by atoms with Crippen LogP contribution in [0.2, 0.25) is 0 Å². The van der Waals surface area contributed by atoms with Crippen LogP contribution in [0.5, 0.6) is 0 Å². The van der Waals surface area contributed by atoms with E-state index in [0.29, 0.717) is 0 Å². The minimum atomic E-state index is -0.670. The lowest BCUT2D eigenvalue weighted by atomic mass is 10.0. The minimum Gasteiger partial charge on any atom is -0.350 e. The van der Waals surface area contributed by atoms with Crippen LogP contribution in [-0.4, -0.2) is 34.4 Å². The van der Waals surface area contributed by atoms with Gasteiger partial charge in [0.2, 0.25) is 11.9 Å². The number of amides is 2. The summed E-state index contributed by atoms with van der Waals surface area (Å²) >= 11 is 0. The number of hydrogen-bond acceptors (Lipinski definition) is 4. The Morgan fingerprint density at radius 1 is 0.960 bits per heavy atom. The molecule has 0 spiro atoms. The maximum absolute atomic E-state index is 12.8. The number of pyridine rings is 2. The second kappa shape index (κ2) is 8.27. The Labute approximate surface area is 143 Å². The Morgan fingerprint density at radius 3 is 1.92 bits per heavy atom. The molecule has 25 heavy (non-hydrogen) atoms. The van der Waals surface area contributed by atoms with Crippen LogP contribution in [0.25, 0.3) is 0 Å². The van der Waals surface area contributed by atoms with Crippen LogP contribution < -0.4 is 10.6 Å². The van der Waals surface area contributed by atoms with Gasteiger partial charge in [-0.1, -0.05) is 13.8 Å². The molecule has 1 unspecified atom stereocenters. The summed E-state index contributed by atoms with van der Waals surface area (Å²) in [5.74, 6) is -2.14. The monoisotopic (exact) mass is 348 g/mol. The first-order valence-corrected chi connectivity index (χ1v) is 7.69. The number of carbonyl (C=O) groups is 2. The van der Waals surface area contributed by atoms with E-state index in [1.807, 2.05) is 13.8 Å². The Balaban J connectivity index is 1.96. The number of nitrogens with zero attached hydrogens (tertiary/aromatic N) is 2. The van der Waals surface area contributed by atoms with Crippen LogP contribution in [0.15, 0.2) is 36.7 Å². The van der Waals surface area contributed by atoms with Crippen molar-refractivity contribution in [1.29, 1.82) is 0 Å². The third-order valence-corrected chi connectivity index (χ3v) is 3.58. The number of nitrogens with one attached hydrogen (secondary N) is 2. The van der Waals surface area contributed by atoms with Crippen LogP contribution in [-0.2, 0) is 0 Å². The van der Waals surface area contributed by atoms with E-state index >= 15 is 0 Å². The summed E-state index contributed by atoms with van der Waals surface area (Å²) in [6, 6.07) is 4.50. The zero-order chi connectivity index (χ0) is 18.4. The second-order valence-electron chi connectivity index (χ2n) is 5.77. The molecule has 2 heterocycles. The summed E-state index contributed by atoms with van der Waals surface area (Å²) in [4.78, 5) is 31.1. The lowest BCUT2D eigenvalue weighted by molar-refractivity contribution is 0.0896. The molecule has 0 aromatic carbocycles. The molecule has 2 N–H and O–H groups in total. The van der Waals surface area contributed by atoms with Crippen molar-refractivity contribution >= 4 is 11.8 Å². The molecule has 132 valence electrons. The van der Waals surface area contributed by atoms with Gasteiger partial charge in [0.05, 0.1) is 11.1 Å². The highest BCUT2D eigenvalue weighted by Crippen LogP contribution is 2.05. The third kappa shape index (κ3) is 5.30. The van der Waals surface area contributed by atoms with Crippen molar-refractivity contribution in [2.45, 2.75) is 19.9 Å². The van der Waals surface area contributed by atoms with E-state index in [1.54, 1.807) is 0 Å². The van der Waals surface area contributed by atoms with Gasteiger partial charge in [-0.15, -0.1) is 0 Å². The van der Waals surface area contributed by atoms with E-state index < -0.39 is 23.7 Å². The van der Waals surface area contributed by atoms with E-state index in [9.17, 15) is 18.4 Å². The average molecular weight is 348 g/mol. The maximum Gasteiger partial charge on any atom is 0.253 e. The fraction of sp³-hybridized carbons (Fsp3) is 0.294. The lowest BCUT2D eigenvalue weighted by Gasteiger charge is -2.22. The maximum atomic E-state index is 12.8. The van der Waals surface area contributed by atoms with Gasteiger partial charge >= 0.3 is 0 Å². The summed E-state index contributed by atoms with van der Waals surface area (Å²) in [6.07, 6.45) is 2.28. The van der Waals surface area contributed by atoms with E-state index in [4.69, 9.17) is 0 Å². The summed E-state index contributed by atoms with van der Waals surface area (Å²) < 4.78 is 25.6. The van der Waals surface area contributed by atoms with Crippen molar-refractivity contribution in [2.75, 3.05) is 6.54 Å². The molecule has 2 amide bonds. The minimum absolute atomic E-state index is 0.0315. The van der Waals surface area contributed by atoms with Gasteiger partial charge in [0.1, 0.15) is 0 Å². The molecule has 0 saturated carbocycles. The summed E-state index contributed by atoms with van der Waals surface area (Å²) in [6.45, 7) is 3.95. The van der Waals surface area contributed by atoms with Gasteiger partial charge < -0.3 is 10.6 Å². The Bertz CT molecular complexity index is 733. The van der Waals surface area contributed by atoms with Gasteiger partial charge in [-0.3, -0.25) is 9.59 Å². The first kappa shape index (κ1) is 18.4. The number of aromatic nitrogens is 2. The Hall–Kier alpha value is -2.90.